The van der Waals surface area contributed by atoms with Crippen molar-refractivity contribution in [2.24, 2.45) is 11.7 Å². The molecule has 1 aliphatic heterocycles. The molecule has 1 saturated heterocycles. The van der Waals surface area contributed by atoms with Crippen molar-refractivity contribution in [2.45, 2.75) is 23.8 Å². The van der Waals surface area contributed by atoms with Crippen molar-refractivity contribution in [1.82, 2.24) is 4.31 Å². The third-order valence-electron chi connectivity index (χ3n) is 4.76. The van der Waals surface area contributed by atoms with E-state index in [2.05, 4.69) is 0 Å². The van der Waals surface area contributed by atoms with Gasteiger partial charge in [0.15, 0.2) is 0 Å². The number of benzene rings is 2. The number of sulfonamides is 1. The summed E-state index contributed by atoms with van der Waals surface area (Å²) >= 11 is 5.83. The van der Waals surface area contributed by atoms with E-state index in [1.165, 1.54) is 28.6 Å². The molecule has 2 atom stereocenters. The molecule has 0 bridgehead atoms. The van der Waals surface area contributed by atoms with Crippen LogP contribution in [0.2, 0.25) is 5.02 Å². The third kappa shape index (κ3) is 4.95. The average molecular weight is 437 g/mol. The molecule has 154 valence electrons. The molecule has 7 nitrogen and oxygen atoms in total. The van der Waals surface area contributed by atoms with Crippen molar-refractivity contribution in [3.63, 3.8) is 0 Å². The summed E-state index contributed by atoms with van der Waals surface area (Å²) in [7, 11) is -3.77. The maximum absolute atomic E-state index is 12.9. The lowest BCUT2D eigenvalue weighted by Gasteiger charge is -2.31. The van der Waals surface area contributed by atoms with Gasteiger partial charge in [-0.2, -0.15) is 4.31 Å². The van der Waals surface area contributed by atoms with E-state index in [1.807, 2.05) is 0 Å². The Labute approximate surface area is 174 Å². The number of halogens is 1. The highest BCUT2D eigenvalue weighted by Crippen LogP contribution is 2.27. The lowest BCUT2D eigenvalue weighted by Crippen LogP contribution is -2.43. The molecular weight excluding hydrogens is 416 g/mol. The number of hydrogen-bond donors (Lipinski definition) is 1. The Kier molecular flexibility index (Phi) is 6.56. The van der Waals surface area contributed by atoms with Crippen LogP contribution in [0.5, 0.6) is 0 Å². The molecule has 1 heterocycles. The minimum Gasteiger partial charge on any atom is -0.447 e. The fourth-order valence-corrected chi connectivity index (χ4v) is 4.89. The fourth-order valence-electron chi connectivity index (χ4n) is 3.24. The van der Waals surface area contributed by atoms with E-state index in [4.69, 9.17) is 22.1 Å². The molecule has 2 aromatic rings. The van der Waals surface area contributed by atoms with E-state index in [-0.39, 0.29) is 11.4 Å². The molecule has 2 N–H and O–H groups in total. The van der Waals surface area contributed by atoms with Crippen LogP contribution in [0.3, 0.4) is 0 Å². The minimum absolute atomic E-state index is 0.0237. The first kappa shape index (κ1) is 21.3. The smallest absolute Gasteiger partial charge is 0.311 e. The molecular formula is C20H21ClN2O5S. The molecule has 3 rings (SSSR count). The summed E-state index contributed by atoms with van der Waals surface area (Å²) in [5.74, 6) is -2.11. The van der Waals surface area contributed by atoms with Crippen molar-refractivity contribution in [2.75, 3.05) is 13.1 Å². The van der Waals surface area contributed by atoms with Crippen LogP contribution >= 0.6 is 11.6 Å². The molecule has 9 heteroatoms. The van der Waals surface area contributed by atoms with Crippen LogP contribution in [-0.4, -0.2) is 37.7 Å². The molecule has 2 aromatic carbocycles. The van der Waals surface area contributed by atoms with Gasteiger partial charge < -0.3 is 10.5 Å². The van der Waals surface area contributed by atoms with Gasteiger partial charge in [-0.25, -0.2) is 8.42 Å². The van der Waals surface area contributed by atoms with Gasteiger partial charge in [-0.15, -0.1) is 0 Å². The van der Waals surface area contributed by atoms with E-state index >= 15 is 0 Å². The van der Waals surface area contributed by atoms with Gasteiger partial charge in [0.2, 0.25) is 16.1 Å². The van der Waals surface area contributed by atoms with Crippen LogP contribution in [-0.2, 0) is 24.3 Å². The maximum atomic E-state index is 12.9. The zero-order valence-corrected chi connectivity index (χ0v) is 17.1. The van der Waals surface area contributed by atoms with Gasteiger partial charge in [-0.3, -0.25) is 9.59 Å². The molecule has 0 radical (unpaired) electrons. The van der Waals surface area contributed by atoms with Crippen LogP contribution in [0.4, 0.5) is 0 Å². The van der Waals surface area contributed by atoms with Crippen LogP contribution in [0, 0.1) is 5.92 Å². The Bertz CT molecular complexity index is 980. The molecule has 1 fully saturated rings. The Morgan fingerprint density at radius 1 is 1.10 bits per heavy atom. The number of piperidine rings is 1. The van der Waals surface area contributed by atoms with Crippen LogP contribution in [0.1, 0.15) is 24.5 Å². The number of carbonyl (C=O) groups is 2. The van der Waals surface area contributed by atoms with Crippen molar-refractivity contribution in [3.05, 3.63) is 65.2 Å². The molecule has 1 aliphatic rings. The van der Waals surface area contributed by atoms with Gasteiger partial charge in [-0.1, -0.05) is 41.9 Å². The van der Waals surface area contributed by atoms with Crippen LogP contribution < -0.4 is 5.73 Å². The summed E-state index contributed by atoms with van der Waals surface area (Å²) < 4.78 is 32.4. The number of ether oxygens (including phenoxy) is 1. The maximum Gasteiger partial charge on any atom is 0.311 e. The molecule has 0 aliphatic carbocycles. The topological polar surface area (TPSA) is 107 Å². The third-order valence-corrected chi connectivity index (χ3v) is 6.89. The molecule has 0 unspecified atom stereocenters. The summed E-state index contributed by atoms with van der Waals surface area (Å²) in [4.78, 5) is 24.6. The van der Waals surface area contributed by atoms with E-state index in [1.54, 1.807) is 30.3 Å². The summed E-state index contributed by atoms with van der Waals surface area (Å²) in [5, 5.41) is 0.433. The predicted molar refractivity (Wildman–Crippen MR) is 107 cm³/mol. The number of primary amides is 1. The minimum atomic E-state index is -3.77. The monoisotopic (exact) mass is 436 g/mol. The predicted octanol–water partition coefficient (Wildman–Crippen LogP) is 2.51. The van der Waals surface area contributed by atoms with Gasteiger partial charge in [0.25, 0.3) is 5.91 Å². The van der Waals surface area contributed by atoms with Crippen molar-refractivity contribution in [3.8, 4) is 0 Å². The second-order valence-corrected chi connectivity index (χ2v) is 9.16. The van der Waals surface area contributed by atoms with Gasteiger partial charge >= 0.3 is 5.97 Å². The Hall–Kier alpha value is -2.42. The number of carbonyl (C=O) groups excluding carboxylic acids is 2. The number of nitrogens with zero attached hydrogens (tertiary/aromatic N) is 1. The molecule has 0 spiro atoms. The van der Waals surface area contributed by atoms with E-state index in [9.17, 15) is 18.0 Å². The zero-order chi connectivity index (χ0) is 21.0. The molecule has 1 amide bonds. The summed E-state index contributed by atoms with van der Waals surface area (Å²) in [5.41, 5.74) is 5.87. The highest BCUT2D eigenvalue weighted by Gasteiger charge is 2.35. The van der Waals surface area contributed by atoms with Crippen molar-refractivity contribution < 1.29 is 22.7 Å². The number of amides is 1. The fraction of sp³-hybridized carbons (Fsp3) is 0.300. The zero-order valence-electron chi connectivity index (χ0n) is 15.5. The summed E-state index contributed by atoms with van der Waals surface area (Å²) in [6.45, 7) is 0.275. The molecule has 0 saturated carbocycles. The molecule has 0 aromatic heterocycles. The number of hydrogen-bond acceptors (Lipinski definition) is 5. The summed E-state index contributed by atoms with van der Waals surface area (Å²) in [6.07, 6.45) is -0.253. The van der Waals surface area contributed by atoms with Gasteiger partial charge in [-0.05, 0) is 37.1 Å². The highest BCUT2D eigenvalue weighted by molar-refractivity contribution is 7.89. The first-order valence-corrected chi connectivity index (χ1v) is 10.9. The van der Waals surface area contributed by atoms with Gasteiger partial charge in [0.05, 0.1) is 10.8 Å². The number of nitrogens with two attached hydrogens (primary N) is 1. The van der Waals surface area contributed by atoms with Crippen LogP contribution in [0.25, 0.3) is 0 Å². The SMILES string of the molecule is NC(=O)[C@@H](OC(=O)[C@H]1CCCN(S(=O)(=O)c2ccc(Cl)cc2)C1)c1ccccc1. The van der Waals surface area contributed by atoms with Gasteiger partial charge in [0, 0.05) is 23.7 Å². The van der Waals surface area contributed by atoms with E-state index in [0.717, 1.165) is 0 Å². The Balaban J connectivity index is 1.73. The van der Waals surface area contributed by atoms with Crippen molar-refractivity contribution in [1.29, 1.82) is 0 Å². The Morgan fingerprint density at radius 2 is 1.76 bits per heavy atom. The standard InChI is InChI=1S/C20H21ClN2O5S/c21-16-8-10-17(11-9-16)29(26,27)23-12-4-7-15(13-23)20(25)28-18(19(22)24)14-5-2-1-3-6-14/h1-3,5-6,8-11,15,18H,4,7,12-13H2,(H2,22,24)/t15-,18-/m0/s1. The van der Waals surface area contributed by atoms with Crippen LogP contribution in [0.15, 0.2) is 59.5 Å². The lowest BCUT2D eigenvalue weighted by molar-refractivity contribution is -0.160. The number of rotatable bonds is 6. The lowest BCUT2D eigenvalue weighted by atomic mass is 9.99. The second kappa shape index (κ2) is 8.94. The van der Waals surface area contributed by atoms with E-state index < -0.39 is 33.9 Å². The molecule has 29 heavy (non-hydrogen) atoms. The first-order valence-electron chi connectivity index (χ1n) is 9.09. The largest absolute Gasteiger partial charge is 0.447 e. The quantitative estimate of drug-likeness (QED) is 0.700. The normalized spacial score (nSPS) is 18.7. The second-order valence-electron chi connectivity index (χ2n) is 6.79. The van der Waals surface area contributed by atoms with Crippen molar-refractivity contribution >= 4 is 33.5 Å². The van der Waals surface area contributed by atoms with Gasteiger partial charge in [0.1, 0.15) is 0 Å². The van der Waals surface area contributed by atoms with E-state index in [0.29, 0.717) is 30.0 Å². The summed E-state index contributed by atoms with van der Waals surface area (Å²) in [6, 6.07) is 14.3. The first-order chi connectivity index (χ1) is 13.8. The number of esters is 1. The Morgan fingerprint density at radius 3 is 2.38 bits per heavy atom. The average Bonchev–Trinajstić information content (AvgIpc) is 2.72. The highest BCUT2D eigenvalue weighted by atomic mass is 35.5.